The van der Waals surface area contributed by atoms with Crippen LogP contribution in [-0.4, -0.2) is 50.2 Å². The van der Waals surface area contributed by atoms with Crippen LogP contribution >= 0.6 is 0 Å². The molecule has 1 spiro atoms. The minimum Gasteiger partial charge on any atom is -0.490 e. The standard InChI is InChI=1S/C25H26FN5O2/c1-16-4-5-21(19-6-7-27-24(32)23(16)19)33-18-10-25(11-18)13-30(14-25)8-2-3-17-9-22-29-28-15-31(22)12-20(17)26/h4-7,9,12,15,18H,2-3,8,10-11,13-14H2,1H3,(H,27,32). The number of benzene rings is 1. The molecule has 6 rings (SSSR count). The van der Waals surface area contributed by atoms with Gasteiger partial charge in [0.1, 0.15) is 17.9 Å². The molecule has 1 aromatic carbocycles. The second-order valence-corrected chi connectivity index (χ2v) is 9.68. The van der Waals surface area contributed by atoms with E-state index in [1.807, 2.05) is 25.1 Å². The first-order valence-electron chi connectivity index (χ1n) is 11.5. The number of aryl methyl sites for hydroxylation is 2. The van der Waals surface area contributed by atoms with Gasteiger partial charge < -0.3 is 14.6 Å². The fourth-order valence-corrected chi connectivity index (χ4v) is 5.61. The zero-order chi connectivity index (χ0) is 22.6. The molecule has 1 aliphatic heterocycles. The first-order valence-corrected chi connectivity index (χ1v) is 11.5. The van der Waals surface area contributed by atoms with E-state index in [-0.39, 0.29) is 17.5 Å². The number of H-pyrrole nitrogens is 1. The Labute approximate surface area is 190 Å². The third kappa shape index (κ3) is 3.58. The third-order valence-corrected chi connectivity index (χ3v) is 7.22. The zero-order valence-electron chi connectivity index (χ0n) is 18.6. The molecule has 0 unspecified atom stereocenters. The summed E-state index contributed by atoms with van der Waals surface area (Å²) in [7, 11) is 0. The molecule has 0 bridgehead atoms. The molecule has 1 N–H and O–H groups in total. The van der Waals surface area contributed by atoms with Crippen LogP contribution in [-0.2, 0) is 6.42 Å². The molecule has 0 amide bonds. The Morgan fingerprint density at radius 3 is 2.97 bits per heavy atom. The summed E-state index contributed by atoms with van der Waals surface area (Å²) in [5.41, 5.74) is 2.62. The van der Waals surface area contributed by atoms with Crippen LogP contribution in [0.15, 0.2) is 47.8 Å². The van der Waals surface area contributed by atoms with Crippen LogP contribution in [0.5, 0.6) is 5.75 Å². The van der Waals surface area contributed by atoms with Crippen LogP contribution in [0.25, 0.3) is 16.4 Å². The highest BCUT2D eigenvalue weighted by Gasteiger charge is 2.53. The van der Waals surface area contributed by atoms with E-state index in [9.17, 15) is 9.18 Å². The molecule has 1 aliphatic carbocycles. The molecule has 170 valence electrons. The van der Waals surface area contributed by atoms with E-state index >= 15 is 0 Å². The SMILES string of the molecule is Cc1ccc(OC2CC3(C2)CN(CCCc2cc4nncn4cc2F)C3)c2cc[nH]c(=O)c12. The second-order valence-electron chi connectivity index (χ2n) is 9.68. The molecule has 2 aliphatic rings. The Morgan fingerprint density at radius 2 is 2.12 bits per heavy atom. The smallest absolute Gasteiger partial charge is 0.256 e. The number of hydrogen-bond acceptors (Lipinski definition) is 5. The summed E-state index contributed by atoms with van der Waals surface area (Å²) in [5, 5.41) is 9.40. The topological polar surface area (TPSA) is 75.5 Å². The highest BCUT2D eigenvalue weighted by Crippen LogP contribution is 2.50. The summed E-state index contributed by atoms with van der Waals surface area (Å²) in [5.74, 6) is 0.594. The van der Waals surface area contributed by atoms with E-state index in [0.29, 0.717) is 28.4 Å². The number of likely N-dealkylation sites (tertiary alicyclic amines) is 1. The Kier molecular flexibility index (Phi) is 4.72. The van der Waals surface area contributed by atoms with Crippen molar-refractivity contribution < 1.29 is 9.13 Å². The molecule has 0 radical (unpaired) electrons. The Bertz CT molecular complexity index is 1400. The van der Waals surface area contributed by atoms with E-state index in [4.69, 9.17) is 4.74 Å². The molecular formula is C25H26FN5O2. The fraction of sp³-hybridized carbons (Fsp3) is 0.400. The van der Waals surface area contributed by atoms with Gasteiger partial charge in [0.05, 0.1) is 11.5 Å². The molecule has 1 saturated heterocycles. The molecule has 7 nitrogen and oxygen atoms in total. The lowest BCUT2D eigenvalue weighted by molar-refractivity contribution is -0.118. The van der Waals surface area contributed by atoms with Crippen molar-refractivity contribution in [3.63, 3.8) is 0 Å². The molecule has 3 aromatic heterocycles. The van der Waals surface area contributed by atoms with Crippen molar-refractivity contribution in [3.05, 3.63) is 70.3 Å². The molecular weight excluding hydrogens is 421 g/mol. The average molecular weight is 448 g/mol. The van der Waals surface area contributed by atoms with E-state index in [2.05, 4.69) is 20.1 Å². The summed E-state index contributed by atoms with van der Waals surface area (Å²) in [6.07, 6.45) is 8.54. The highest BCUT2D eigenvalue weighted by molar-refractivity contribution is 5.90. The minimum atomic E-state index is -0.202. The van der Waals surface area contributed by atoms with E-state index in [1.54, 1.807) is 16.7 Å². The molecule has 0 atom stereocenters. The van der Waals surface area contributed by atoms with Gasteiger partial charge in [0.25, 0.3) is 5.56 Å². The van der Waals surface area contributed by atoms with Crippen molar-refractivity contribution in [1.82, 2.24) is 24.5 Å². The van der Waals surface area contributed by atoms with Gasteiger partial charge in [-0.1, -0.05) is 6.07 Å². The summed E-state index contributed by atoms with van der Waals surface area (Å²) in [6.45, 7) is 5.07. The lowest BCUT2D eigenvalue weighted by atomic mass is 9.61. The number of hydrogen-bond donors (Lipinski definition) is 1. The maximum atomic E-state index is 14.2. The summed E-state index contributed by atoms with van der Waals surface area (Å²) in [4.78, 5) is 17.4. The number of aromatic amines is 1. The number of nitrogens with zero attached hydrogens (tertiary/aromatic N) is 4. The van der Waals surface area contributed by atoms with Gasteiger partial charge in [0, 0.05) is 36.3 Å². The lowest BCUT2D eigenvalue weighted by Crippen LogP contribution is -2.64. The largest absolute Gasteiger partial charge is 0.490 e. The van der Waals surface area contributed by atoms with Gasteiger partial charge in [-0.25, -0.2) is 4.39 Å². The summed E-state index contributed by atoms with van der Waals surface area (Å²) < 4.78 is 22.1. The number of ether oxygens (including phenoxy) is 1. The van der Waals surface area contributed by atoms with Crippen molar-refractivity contribution in [2.75, 3.05) is 19.6 Å². The highest BCUT2D eigenvalue weighted by atomic mass is 19.1. The molecule has 2 fully saturated rings. The molecule has 33 heavy (non-hydrogen) atoms. The van der Waals surface area contributed by atoms with Crippen LogP contribution in [0.4, 0.5) is 4.39 Å². The van der Waals surface area contributed by atoms with Gasteiger partial charge in [-0.15, -0.1) is 10.2 Å². The Balaban J connectivity index is 1.00. The van der Waals surface area contributed by atoms with Crippen molar-refractivity contribution in [2.45, 2.75) is 38.7 Å². The molecule has 4 heterocycles. The Morgan fingerprint density at radius 1 is 1.27 bits per heavy atom. The number of fused-ring (bicyclic) bond motifs is 2. The van der Waals surface area contributed by atoms with Crippen LogP contribution in [0.1, 0.15) is 30.4 Å². The first kappa shape index (κ1) is 20.4. The number of rotatable bonds is 6. The van der Waals surface area contributed by atoms with Crippen molar-refractivity contribution in [1.29, 1.82) is 0 Å². The van der Waals surface area contributed by atoms with Crippen molar-refractivity contribution in [2.24, 2.45) is 5.41 Å². The first-order chi connectivity index (χ1) is 16.0. The van der Waals surface area contributed by atoms with Gasteiger partial charge in [-0.05, 0) is 68.5 Å². The number of pyridine rings is 2. The van der Waals surface area contributed by atoms with Crippen molar-refractivity contribution in [3.8, 4) is 5.75 Å². The predicted molar refractivity (Wildman–Crippen MR) is 123 cm³/mol. The van der Waals surface area contributed by atoms with Gasteiger partial charge >= 0.3 is 0 Å². The summed E-state index contributed by atoms with van der Waals surface area (Å²) >= 11 is 0. The third-order valence-electron chi connectivity index (χ3n) is 7.22. The quantitative estimate of drug-likeness (QED) is 0.490. The van der Waals surface area contributed by atoms with Crippen LogP contribution in [0.3, 0.4) is 0 Å². The number of aromatic nitrogens is 4. The number of halogens is 1. The number of nitrogens with one attached hydrogen (secondary N) is 1. The fourth-order valence-electron chi connectivity index (χ4n) is 5.61. The van der Waals surface area contributed by atoms with Gasteiger partial charge in [-0.3, -0.25) is 9.20 Å². The monoisotopic (exact) mass is 447 g/mol. The Hall–Kier alpha value is -3.26. The summed E-state index contributed by atoms with van der Waals surface area (Å²) in [6, 6.07) is 7.64. The maximum absolute atomic E-state index is 14.2. The van der Waals surface area contributed by atoms with Gasteiger partial charge in [0.2, 0.25) is 0 Å². The predicted octanol–water partition coefficient (Wildman–Crippen LogP) is 3.49. The van der Waals surface area contributed by atoms with Gasteiger partial charge in [-0.2, -0.15) is 0 Å². The lowest BCUT2D eigenvalue weighted by Gasteiger charge is -2.58. The van der Waals surface area contributed by atoms with E-state index in [0.717, 1.165) is 55.6 Å². The van der Waals surface area contributed by atoms with Crippen LogP contribution in [0.2, 0.25) is 0 Å². The molecule has 8 heteroatoms. The second kappa shape index (κ2) is 7.66. The van der Waals surface area contributed by atoms with E-state index in [1.165, 1.54) is 12.5 Å². The van der Waals surface area contributed by atoms with E-state index < -0.39 is 0 Å². The minimum absolute atomic E-state index is 0.0728. The van der Waals surface area contributed by atoms with Gasteiger partial charge in [0.15, 0.2) is 5.65 Å². The molecule has 4 aromatic rings. The maximum Gasteiger partial charge on any atom is 0.256 e. The van der Waals surface area contributed by atoms with Crippen LogP contribution < -0.4 is 10.3 Å². The normalized spacial score (nSPS) is 18.0. The zero-order valence-corrected chi connectivity index (χ0v) is 18.6. The average Bonchev–Trinajstić information content (AvgIpc) is 3.19. The van der Waals surface area contributed by atoms with Crippen LogP contribution in [0, 0.1) is 18.2 Å². The molecule has 1 saturated carbocycles. The van der Waals surface area contributed by atoms with Crippen molar-refractivity contribution >= 4 is 16.4 Å².